The van der Waals surface area contributed by atoms with Crippen molar-refractivity contribution < 1.29 is 14.0 Å². The average molecular weight is 414 g/mol. The molecule has 2 aromatic carbocycles. The van der Waals surface area contributed by atoms with Crippen molar-refractivity contribution >= 4 is 29.4 Å². The van der Waals surface area contributed by atoms with Gasteiger partial charge in [0.15, 0.2) is 0 Å². The van der Waals surface area contributed by atoms with Crippen LogP contribution in [0, 0.1) is 5.82 Å². The topological polar surface area (TPSA) is 43.9 Å². The lowest BCUT2D eigenvalue weighted by molar-refractivity contribution is -0.131. The minimum absolute atomic E-state index is 0.0388. The third kappa shape index (κ3) is 4.40. The van der Waals surface area contributed by atoms with Gasteiger partial charge in [0.25, 0.3) is 0 Å². The standard InChI is InChI=1S/C22H24FN3O2S/c23-18-8-4-5-9-19(18)26-13-12-25(22(26)28)16-21(27)24-11-10-20(29-15-14-24)17-6-2-1-3-7-17/h1-9,20H,10-16H2. The first-order valence-corrected chi connectivity index (χ1v) is 10.9. The molecular weight excluding hydrogens is 389 g/mol. The lowest BCUT2D eigenvalue weighted by Crippen LogP contribution is -2.43. The van der Waals surface area contributed by atoms with Gasteiger partial charge in [0.1, 0.15) is 12.4 Å². The normalized spacial score (nSPS) is 20.1. The molecule has 2 fully saturated rings. The zero-order valence-corrected chi connectivity index (χ0v) is 17.0. The third-order valence-corrected chi connectivity index (χ3v) is 6.76. The largest absolute Gasteiger partial charge is 0.340 e. The number of carbonyl (C=O) groups excluding carboxylic acids is 2. The van der Waals surface area contributed by atoms with Crippen LogP contribution in [0.5, 0.6) is 0 Å². The molecule has 0 bridgehead atoms. The minimum Gasteiger partial charge on any atom is -0.340 e. The summed E-state index contributed by atoms with van der Waals surface area (Å²) in [5.74, 6) is 0.411. The van der Waals surface area contributed by atoms with E-state index < -0.39 is 5.82 Å². The summed E-state index contributed by atoms with van der Waals surface area (Å²) < 4.78 is 14.0. The molecule has 4 rings (SSSR count). The highest BCUT2D eigenvalue weighted by Gasteiger charge is 2.33. The van der Waals surface area contributed by atoms with E-state index in [1.165, 1.54) is 21.4 Å². The first-order chi connectivity index (χ1) is 14.1. The number of halogens is 1. The predicted molar refractivity (Wildman–Crippen MR) is 114 cm³/mol. The number of amides is 3. The first-order valence-electron chi connectivity index (χ1n) is 9.89. The van der Waals surface area contributed by atoms with Crippen LogP contribution < -0.4 is 4.90 Å². The van der Waals surface area contributed by atoms with E-state index in [-0.39, 0.29) is 24.2 Å². The van der Waals surface area contributed by atoms with Gasteiger partial charge in [-0.1, -0.05) is 42.5 Å². The maximum absolute atomic E-state index is 14.0. The van der Waals surface area contributed by atoms with Crippen molar-refractivity contribution in [3.63, 3.8) is 0 Å². The van der Waals surface area contributed by atoms with Gasteiger partial charge < -0.3 is 9.80 Å². The molecule has 1 atom stereocenters. The smallest absolute Gasteiger partial charge is 0.325 e. The Morgan fingerprint density at radius 3 is 2.55 bits per heavy atom. The molecule has 0 spiro atoms. The lowest BCUT2D eigenvalue weighted by Gasteiger charge is -2.24. The summed E-state index contributed by atoms with van der Waals surface area (Å²) >= 11 is 1.88. The molecule has 1 unspecified atom stereocenters. The van der Waals surface area contributed by atoms with Crippen LogP contribution in [-0.2, 0) is 4.79 Å². The van der Waals surface area contributed by atoms with E-state index in [9.17, 15) is 14.0 Å². The number of nitrogens with zero attached hydrogens (tertiary/aromatic N) is 3. The molecule has 5 nitrogen and oxygen atoms in total. The third-order valence-electron chi connectivity index (χ3n) is 5.43. The van der Waals surface area contributed by atoms with Gasteiger partial charge in [0.2, 0.25) is 5.91 Å². The molecule has 2 saturated heterocycles. The summed E-state index contributed by atoms with van der Waals surface area (Å²) in [6.45, 7) is 2.23. The number of carbonyl (C=O) groups is 2. The Morgan fingerprint density at radius 2 is 1.76 bits per heavy atom. The highest BCUT2D eigenvalue weighted by molar-refractivity contribution is 7.99. The Morgan fingerprint density at radius 1 is 1.00 bits per heavy atom. The van der Waals surface area contributed by atoms with Crippen molar-refractivity contribution in [2.45, 2.75) is 11.7 Å². The number of hydrogen-bond donors (Lipinski definition) is 0. The molecule has 0 N–H and O–H groups in total. The Kier molecular flexibility index (Phi) is 6.04. The molecule has 0 aromatic heterocycles. The second-order valence-corrected chi connectivity index (χ2v) is 8.56. The van der Waals surface area contributed by atoms with Crippen LogP contribution in [0.3, 0.4) is 0 Å². The van der Waals surface area contributed by atoms with Crippen LogP contribution in [0.25, 0.3) is 0 Å². The first kappa shape index (κ1) is 19.8. The molecule has 29 heavy (non-hydrogen) atoms. The Balaban J connectivity index is 1.35. The van der Waals surface area contributed by atoms with Gasteiger partial charge in [-0.05, 0) is 24.1 Å². The van der Waals surface area contributed by atoms with E-state index in [0.29, 0.717) is 31.4 Å². The van der Waals surface area contributed by atoms with Gasteiger partial charge in [-0.15, -0.1) is 0 Å². The van der Waals surface area contributed by atoms with E-state index in [0.717, 1.165) is 12.2 Å². The van der Waals surface area contributed by atoms with Crippen LogP contribution in [0.2, 0.25) is 0 Å². The second-order valence-electron chi connectivity index (χ2n) is 7.25. The van der Waals surface area contributed by atoms with E-state index >= 15 is 0 Å². The number of thioether (sulfide) groups is 1. The van der Waals surface area contributed by atoms with Crippen LogP contribution in [0.1, 0.15) is 17.2 Å². The fourth-order valence-corrected chi connectivity index (χ4v) is 5.07. The highest BCUT2D eigenvalue weighted by atomic mass is 32.2. The SMILES string of the molecule is O=C(CN1CCN(c2ccccc2F)C1=O)N1CCSC(c2ccccc2)CC1. The summed E-state index contributed by atoms with van der Waals surface area (Å²) in [5, 5.41) is 0.388. The minimum atomic E-state index is -0.425. The molecule has 2 aliphatic heterocycles. The molecule has 0 aliphatic carbocycles. The molecule has 0 radical (unpaired) electrons. The molecule has 2 aliphatic rings. The molecule has 7 heteroatoms. The van der Waals surface area contributed by atoms with Crippen LogP contribution >= 0.6 is 11.8 Å². The number of hydrogen-bond acceptors (Lipinski definition) is 3. The summed E-state index contributed by atoms with van der Waals surface area (Å²) in [6.07, 6.45) is 0.899. The summed E-state index contributed by atoms with van der Waals surface area (Å²) in [6, 6.07) is 16.3. The monoisotopic (exact) mass is 413 g/mol. The maximum atomic E-state index is 14.0. The molecular formula is C22H24FN3O2S. The van der Waals surface area contributed by atoms with Gasteiger partial charge in [-0.3, -0.25) is 9.69 Å². The van der Waals surface area contributed by atoms with Crippen LogP contribution in [0.15, 0.2) is 54.6 Å². The second kappa shape index (κ2) is 8.86. The Hall–Kier alpha value is -2.54. The van der Waals surface area contributed by atoms with E-state index in [2.05, 4.69) is 12.1 Å². The van der Waals surface area contributed by atoms with Crippen molar-refractivity contribution in [3.8, 4) is 0 Å². The average Bonchev–Trinajstić information content (AvgIpc) is 2.95. The van der Waals surface area contributed by atoms with Crippen LogP contribution in [-0.4, -0.2) is 60.2 Å². The number of rotatable bonds is 4. The van der Waals surface area contributed by atoms with Crippen molar-refractivity contribution in [1.29, 1.82) is 0 Å². The summed E-state index contributed by atoms with van der Waals surface area (Å²) in [5.41, 5.74) is 1.56. The van der Waals surface area contributed by atoms with E-state index in [1.807, 2.05) is 34.9 Å². The number of urea groups is 1. The van der Waals surface area contributed by atoms with E-state index in [4.69, 9.17) is 0 Å². The van der Waals surface area contributed by atoms with Gasteiger partial charge in [0, 0.05) is 37.2 Å². The summed E-state index contributed by atoms with van der Waals surface area (Å²) in [4.78, 5) is 30.3. The van der Waals surface area contributed by atoms with Crippen molar-refractivity contribution in [2.24, 2.45) is 0 Å². The van der Waals surface area contributed by atoms with E-state index in [1.54, 1.807) is 18.2 Å². The van der Waals surface area contributed by atoms with Gasteiger partial charge >= 0.3 is 6.03 Å². The molecule has 0 saturated carbocycles. The fraction of sp³-hybridized carbons (Fsp3) is 0.364. The molecule has 2 heterocycles. The molecule has 152 valence electrons. The highest BCUT2D eigenvalue weighted by Crippen LogP contribution is 2.34. The van der Waals surface area contributed by atoms with Crippen molar-refractivity contribution in [1.82, 2.24) is 9.80 Å². The Bertz CT molecular complexity index is 879. The maximum Gasteiger partial charge on any atom is 0.325 e. The quantitative estimate of drug-likeness (QED) is 0.766. The number of para-hydroxylation sites is 1. The predicted octanol–water partition coefficient (Wildman–Crippen LogP) is 3.77. The Labute approximate surface area is 174 Å². The van der Waals surface area contributed by atoms with Crippen molar-refractivity contribution in [2.75, 3.05) is 43.4 Å². The van der Waals surface area contributed by atoms with Gasteiger partial charge in [-0.25, -0.2) is 9.18 Å². The fourth-order valence-electron chi connectivity index (χ4n) is 3.84. The van der Waals surface area contributed by atoms with Crippen LogP contribution in [0.4, 0.5) is 14.9 Å². The van der Waals surface area contributed by atoms with Gasteiger partial charge in [-0.2, -0.15) is 11.8 Å². The van der Waals surface area contributed by atoms with Gasteiger partial charge in [0.05, 0.1) is 5.69 Å². The lowest BCUT2D eigenvalue weighted by atomic mass is 10.1. The van der Waals surface area contributed by atoms with Crippen molar-refractivity contribution in [3.05, 3.63) is 66.0 Å². The zero-order valence-electron chi connectivity index (χ0n) is 16.2. The summed E-state index contributed by atoms with van der Waals surface area (Å²) in [7, 11) is 0. The number of benzene rings is 2. The zero-order chi connectivity index (χ0) is 20.2. The molecule has 3 amide bonds. The molecule has 2 aromatic rings. The number of anilines is 1.